The zero-order chi connectivity index (χ0) is 23.2. The summed E-state index contributed by atoms with van der Waals surface area (Å²) in [5.41, 5.74) is -0.703. The first-order valence-electron chi connectivity index (χ1n) is 9.79. The molecule has 30 heavy (non-hydrogen) atoms. The van der Waals surface area contributed by atoms with E-state index in [1.165, 1.54) is 6.92 Å². The fourth-order valence-corrected chi connectivity index (χ4v) is 3.63. The number of benzene rings is 1. The van der Waals surface area contributed by atoms with E-state index in [4.69, 9.17) is 9.47 Å². The summed E-state index contributed by atoms with van der Waals surface area (Å²) in [6.07, 6.45) is 0. The fourth-order valence-electron chi connectivity index (χ4n) is 2.31. The third-order valence-electron chi connectivity index (χ3n) is 3.64. The molecular weight excluding hydrogens is 408 g/mol. The Hall–Kier alpha value is -1.97. The number of carbonyl (C=O) groups excluding carboxylic acids is 2. The first kappa shape index (κ1) is 26.1. The Morgan fingerprint density at radius 2 is 1.57 bits per heavy atom. The van der Waals surface area contributed by atoms with Crippen molar-refractivity contribution in [1.82, 2.24) is 10.0 Å². The van der Waals surface area contributed by atoms with Crippen LogP contribution in [0.3, 0.4) is 0 Å². The number of ether oxygens (including phenoxy) is 2. The van der Waals surface area contributed by atoms with Crippen LogP contribution in [0, 0.1) is 0 Å². The molecule has 0 saturated carbocycles. The van der Waals surface area contributed by atoms with Crippen LogP contribution in [0.4, 0.5) is 0 Å². The predicted molar refractivity (Wildman–Crippen MR) is 115 cm³/mol. The zero-order valence-corrected chi connectivity index (χ0v) is 19.6. The number of amides is 1. The average molecular weight is 443 g/mol. The Morgan fingerprint density at radius 1 is 1.00 bits per heavy atom. The number of carbonyl (C=O) groups is 2. The van der Waals surface area contributed by atoms with Gasteiger partial charge in [0.1, 0.15) is 17.7 Å². The van der Waals surface area contributed by atoms with E-state index in [0.717, 1.165) is 0 Å². The quantitative estimate of drug-likeness (QED) is 0.567. The molecule has 0 saturated heterocycles. The lowest BCUT2D eigenvalue weighted by Crippen LogP contribution is -2.54. The molecule has 0 aromatic heterocycles. The van der Waals surface area contributed by atoms with E-state index >= 15 is 0 Å². The highest BCUT2D eigenvalue weighted by Crippen LogP contribution is 2.11. The molecule has 9 heteroatoms. The van der Waals surface area contributed by atoms with Crippen LogP contribution >= 0.6 is 0 Å². The maximum atomic E-state index is 12.7. The third kappa shape index (κ3) is 10.7. The van der Waals surface area contributed by atoms with Gasteiger partial charge < -0.3 is 14.8 Å². The van der Waals surface area contributed by atoms with Crippen molar-refractivity contribution in [3.8, 4) is 0 Å². The van der Waals surface area contributed by atoms with Gasteiger partial charge in [-0.1, -0.05) is 30.3 Å². The van der Waals surface area contributed by atoms with Crippen molar-refractivity contribution in [2.45, 2.75) is 77.5 Å². The molecule has 1 aromatic rings. The Morgan fingerprint density at radius 3 is 2.07 bits per heavy atom. The summed E-state index contributed by atoms with van der Waals surface area (Å²) in [7, 11) is -3.84. The van der Waals surface area contributed by atoms with Gasteiger partial charge in [0.15, 0.2) is 0 Å². The largest absolute Gasteiger partial charge is 0.458 e. The van der Waals surface area contributed by atoms with Crippen LogP contribution in [0.1, 0.15) is 54.0 Å². The van der Waals surface area contributed by atoms with Crippen molar-refractivity contribution >= 4 is 21.9 Å². The molecule has 2 atom stereocenters. The van der Waals surface area contributed by atoms with E-state index < -0.39 is 45.2 Å². The molecule has 0 fully saturated rings. The molecule has 0 aliphatic carbocycles. The molecule has 0 aliphatic rings. The normalized spacial score (nSPS) is 14.6. The molecule has 0 unspecified atom stereocenters. The molecule has 0 heterocycles. The molecule has 170 valence electrons. The molecule has 0 spiro atoms. The lowest BCUT2D eigenvalue weighted by Gasteiger charge is -2.26. The number of rotatable bonds is 9. The van der Waals surface area contributed by atoms with Crippen LogP contribution in [0.15, 0.2) is 30.3 Å². The van der Waals surface area contributed by atoms with E-state index in [-0.39, 0.29) is 12.4 Å². The van der Waals surface area contributed by atoms with Crippen LogP contribution in [0.25, 0.3) is 0 Å². The first-order valence-corrected chi connectivity index (χ1v) is 11.4. The Labute approximate surface area is 179 Å². The second kappa shape index (κ2) is 10.4. The number of nitrogens with one attached hydrogen (secondary N) is 2. The van der Waals surface area contributed by atoms with Crippen molar-refractivity contribution in [2.24, 2.45) is 0 Å². The Bertz CT molecular complexity index is 810. The SMILES string of the molecule is C[C@H](NC(=O)[C@@H](COC(C)(C)C)NS(=O)(=O)Cc1ccccc1)C(=O)OC(C)(C)C. The Kier molecular flexibility index (Phi) is 9.01. The van der Waals surface area contributed by atoms with E-state index in [1.54, 1.807) is 71.9 Å². The first-order chi connectivity index (χ1) is 13.6. The molecule has 0 aliphatic heterocycles. The van der Waals surface area contributed by atoms with E-state index in [1.807, 2.05) is 0 Å². The summed E-state index contributed by atoms with van der Waals surface area (Å²) in [5.74, 6) is -1.57. The average Bonchev–Trinajstić information content (AvgIpc) is 2.56. The fraction of sp³-hybridized carbons (Fsp3) is 0.619. The number of esters is 1. The second-order valence-corrected chi connectivity index (χ2v) is 10.9. The van der Waals surface area contributed by atoms with Gasteiger partial charge in [-0.2, -0.15) is 0 Å². The van der Waals surface area contributed by atoms with Gasteiger partial charge in [-0.05, 0) is 54.0 Å². The van der Waals surface area contributed by atoms with Gasteiger partial charge in [0.05, 0.1) is 18.0 Å². The summed E-state index contributed by atoms with van der Waals surface area (Å²) in [6.45, 7) is 11.8. The van der Waals surface area contributed by atoms with E-state index in [2.05, 4.69) is 10.0 Å². The predicted octanol–water partition coefficient (Wildman–Crippen LogP) is 2.14. The molecule has 1 rings (SSSR count). The number of hydrogen-bond acceptors (Lipinski definition) is 6. The molecule has 0 radical (unpaired) electrons. The smallest absolute Gasteiger partial charge is 0.328 e. The van der Waals surface area contributed by atoms with Crippen molar-refractivity contribution in [2.75, 3.05) is 6.61 Å². The van der Waals surface area contributed by atoms with Gasteiger partial charge in [0.2, 0.25) is 15.9 Å². The topological polar surface area (TPSA) is 111 Å². The van der Waals surface area contributed by atoms with Crippen LogP contribution in [0.5, 0.6) is 0 Å². The van der Waals surface area contributed by atoms with Gasteiger partial charge >= 0.3 is 5.97 Å². The van der Waals surface area contributed by atoms with E-state index in [0.29, 0.717) is 5.56 Å². The summed E-state index contributed by atoms with van der Waals surface area (Å²) < 4.78 is 38.5. The maximum absolute atomic E-state index is 12.7. The van der Waals surface area contributed by atoms with Crippen LogP contribution < -0.4 is 10.0 Å². The summed E-state index contributed by atoms with van der Waals surface area (Å²) in [4.78, 5) is 24.9. The molecule has 1 aromatic carbocycles. The van der Waals surface area contributed by atoms with Crippen LogP contribution in [0.2, 0.25) is 0 Å². The van der Waals surface area contributed by atoms with Crippen molar-refractivity contribution in [3.63, 3.8) is 0 Å². The van der Waals surface area contributed by atoms with Gasteiger partial charge in [-0.3, -0.25) is 4.79 Å². The number of hydrogen-bond donors (Lipinski definition) is 2. The van der Waals surface area contributed by atoms with Crippen molar-refractivity contribution in [1.29, 1.82) is 0 Å². The monoisotopic (exact) mass is 442 g/mol. The second-order valence-electron chi connectivity index (χ2n) is 9.10. The highest BCUT2D eigenvalue weighted by atomic mass is 32.2. The molecule has 2 N–H and O–H groups in total. The van der Waals surface area contributed by atoms with Crippen LogP contribution in [-0.2, 0) is 34.8 Å². The van der Waals surface area contributed by atoms with Gasteiger partial charge in [-0.25, -0.2) is 17.9 Å². The maximum Gasteiger partial charge on any atom is 0.328 e. The molecule has 1 amide bonds. The summed E-state index contributed by atoms with van der Waals surface area (Å²) in [6, 6.07) is 6.47. The van der Waals surface area contributed by atoms with Gasteiger partial charge in [-0.15, -0.1) is 0 Å². The van der Waals surface area contributed by atoms with Crippen molar-refractivity contribution in [3.05, 3.63) is 35.9 Å². The number of sulfonamides is 1. The van der Waals surface area contributed by atoms with Gasteiger partial charge in [0, 0.05) is 0 Å². The highest BCUT2D eigenvalue weighted by molar-refractivity contribution is 7.88. The lowest BCUT2D eigenvalue weighted by molar-refractivity contribution is -0.158. The third-order valence-corrected chi connectivity index (χ3v) is 5.00. The molecule has 0 bridgehead atoms. The molecule has 8 nitrogen and oxygen atoms in total. The van der Waals surface area contributed by atoms with Gasteiger partial charge in [0.25, 0.3) is 0 Å². The summed E-state index contributed by atoms with van der Waals surface area (Å²) >= 11 is 0. The Balaban J connectivity index is 2.90. The lowest BCUT2D eigenvalue weighted by atomic mass is 10.2. The minimum absolute atomic E-state index is 0.190. The van der Waals surface area contributed by atoms with Crippen LogP contribution in [-0.4, -0.2) is 50.2 Å². The zero-order valence-electron chi connectivity index (χ0n) is 18.8. The highest BCUT2D eigenvalue weighted by Gasteiger charge is 2.30. The van der Waals surface area contributed by atoms with E-state index in [9.17, 15) is 18.0 Å². The standard InChI is InChI=1S/C21H34N2O6S/c1-15(19(25)29-21(5,6)7)22-18(24)17(13-28-20(2,3)4)23-30(26,27)14-16-11-9-8-10-12-16/h8-12,15,17,23H,13-14H2,1-7H3,(H,22,24)/t15-,17+/m0/s1. The minimum Gasteiger partial charge on any atom is -0.458 e. The van der Waals surface area contributed by atoms with Crippen molar-refractivity contribution < 1.29 is 27.5 Å². The summed E-state index contributed by atoms with van der Waals surface area (Å²) in [5, 5.41) is 2.50. The molecular formula is C21H34N2O6S. The minimum atomic E-state index is -3.84.